The zero-order valence-electron chi connectivity index (χ0n) is 5.30. The van der Waals surface area contributed by atoms with E-state index in [1.807, 2.05) is 0 Å². The lowest BCUT2D eigenvalue weighted by Crippen LogP contribution is -2.28. The van der Waals surface area contributed by atoms with Crippen molar-refractivity contribution in [3.8, 4) is 0 Å². The van der Waals surface area contributed by atoms with Gasteiger partial charge in [-0.15, -0.1) is 0 Å². The van der Waals surface area contributed by atoms with E-state index in [1.54, 1.807) is 13.8 Å². The fraction of sp³-hybridized carbons (Fsp3) is 0.600. The molecule has 0 N–H and O–H groups in total. The molecule has 0 spiro atoms. The highest BCUT2D eigenvalue weighted by molar-refractivity contribution is 6.35. The minimum atomic E-state index is -0.702. The minimum absolute atomic E-state index is 0.135. The topological polar surface area (TPSA) is 37.4 Å². The van der Waals surface area contributed by atoms with Crippen molar-refractivity contribution in [1.29, 1.82) is 0 Å². The second kappa shape index (κ2) is 3.45. The first-order valence-corrected chi connectivity index (χ1v) is 2.87. The highest BCUT2D eigenvalue weighted by Gasteiger charge is 2.11. The molecule has 0 heterocycles. The summed E-state index contributed by atoms with van der Waals surface area (Å²) in [5, 5.41) is 0. The first kappa shape index (κ1) is 8.43. The summed E-state index contributed by atoms with van der Waals surface area (Å²) < 4.78 is 0.854. The van der Waals surface area contributed by atoms with Gasteiger partial charge < -0.3 is 0 Å². The van der Waals surface area contributed by atoms with Crippen molar-refractivity contribution in [3.05, 3.63) is 0 Å². The highest BCUT2D eigenvalue weighted by atomic mass is 35.5. The SMILES string of the molecule is CC(C)N(Cl)C(=O)C=O. The molecule has 4 heteroatoms. The standard InChI is InChI=1S/C5H8ClNO2/c1-4(2)7(6)5(9)3-8/h3-4H,1-2H3. The van der Waals surface area contributed by atoms with E-state index in [0.29, 0.717) is 0 Å². The quantitative estimate of drug-likeness (QED) is 0.327. The van der Waals surface area contributed by atoms with Crippen LogP contribution in [0, 0.1) is 0 Å². The van der Waals surface area contributed by atoms with Gasteiger partial charge in [0.1, 0.15) is 0 Å². The molecule has 3 nitrogen and oxygen atoms in total. The minimum Gasteiger partial charge on any atom is -0.292 e. The van der Waals surface area contributed by atoms with Crippen LogP contribution in [0.2, 0.25) is 0 Å². The molecule has 1 amide bonds. The Bertz CT molecular complexity index is 124. The summed E-state index contributed by atoms with van der Waals surface area (Å²) in [4.78, 5) is 20.2. The van der Waals surface area contributed by atoms with Crippen LogP contribution in [-0.2, 0) is 9.59 Å². The molecule has 0 bridgehead atoms. The van der Waals surface area contributed by atoms with E-state index >= 15 is 0 Å². The van der Waals surface area contributed by atoms with E-state index in [1.165, 1.54) is 0 Å². The molecule has 0 aliphatic heterocycles. The fourth-order valence-electron chi connectivity index (χ4n) is 0.305. The van der Waals surface area contributed by atoms with Crippen molar-refractivity contribution < 1.29 is 9.59 Å². The average Bonchev–Trinajstić information content (AvgIpc) is 1.84. The molecule has 0 aromatic carbocycles. The molecule has 9 heavy (non-hydrogen) atoms. The molecular formula is C5H8ClNO2. The van der Waals surface area contributed by atoms with E-state index in [9.17, 15) is 9.59 Å². The Morgan fingerprint density at radius 2 is 2.11 bits per heavy atom. The largest absolute Gasteiger partial charge is 0.301 e. The monoisotopic (exact) mass is 149 g/mol. The average molecular weight is 150 g/mol. The Labute approximate surface area is 58.7 Å². The Balaban J connectivity index is 3.87. The summed E-state index contributed by atoms with van der Waals surface area (Å²) in [6.07, 6.45) is 0.188. The van der Waals surface area contributed by atoms with Crippen LogP contribution < -0.4 is 0 Å². The molecule has 0 unspecified atom stereocenters. The predicted octanol–water partition coefficient (Wildman–Crippen LogP) is 0.576. The molecule has 0 radical (unpaired) electrons. The lowest BCUT2D eigenvalue weighted by molar-refractivity contribution is -0.136. The molecule has 0 saturated heterocycles. The van der Waals surface area contributed by atoms with Gasteiger partial charge in [-0.1, -0.05) is 0 Å². The maximum absolute atomic E-state index is 10.4. The Hall–Kier alpha value is -0.570. The van der Waals surface area contributed by atoms with Crippen LogP contribution in [0.25, 0.3) is 0 Å². The fourth-order valence-corrected chi connectivity index (χ4v) is 0.345. The molecular weight excluding hydrogens is 142 g/mol. The zero-order valence-corrected chi connectivity index (χ0v) is 6.05. The maximum Gasteiger partial charge on any atom is 0.301 e. The summed E-state index contributed by atoms with van der Waals surface area (Å²) in [6.45, 7) is 3.43. The lowest BCUT2D eigenvalue weighted by Gasteiger charge is -2.13. The van der Waals surface area contributed by atoms with Gasteiger partial charge in [0.2, 0.25) is 6.29 Å². The third-order valence-electron chi connectivity index (χ3n) is 0.765. The Morgan fingerprint density at radius 3 is 2.22 bits per heavy atom. The van der Waals surface area contributed by atoms with Crippen molar-refractivity contribution in [1.82, 2.24) is 4.42 Å². The maximum atomic E-state index is 10.4. The van der Waals surface area contributed by atoms with Crippen LogP contribution in [0.1, 0.15) is 13.8 Å². The van der Waals surface area contributed by atoms with Gasteiger partial charge in [-0.2, -0.15) is 0 Å². The zero-order chi connectivity index (χ0) is 7.44. The van der Waals surface area contributed by atoms with E-state index in [-0.39, 0.29) is 12.3 Å². The van der Waals surface area contributed by atoms with E-state index < -0.39 is 5.91 Å². The van der Waals surface area contributed by atoms with Crippen LogP contribution >= 0.6 is 11.8 Å². The van der Waals surface area contributed by atoms with Gasteiger partial charge in [-0.3, -0.25) is 9.59 Å². The Morgan fingerprint density at radius 1 is 1.67 bits per heavy atom. The summed E-state index contributed by atoms with van der Waals surface area (Å²) in [7, 11) is 0. The van der Waals surface area contributed by atoms with Crippen LogP contribution in [0.15, 0.2) is 0 Å². The molecule has 52 valence electrons. The van der Waals surface area contributed by atoms with Gasteiger partial charge in [-0.05, 0) is 13.8 Å². The second-order valence-electron chi connectivity index (χ2n) is 1.86. The number of amides is 1. The van der Waals surface area contributed by atoms with Gasteiger partial charge in [0.05, 0.1) is 0 Å². The highest BCUT2D eigenvalue weighted by Crippen LogP contribution is 2.00. The van der Waals surface area contributed by atoms with Crippen molar-refractivity contribution in [2.75, 3.05) is 0 Å². The second-order valence-corrected chi connectivity index (χ2v) is 2.23. The molecule has 0 atom stereocenters. The number of carbonyl (C=O) groups excluding carboxylic acids is 2. The van der Waals surface area contributed by atoms with Crippen molar-refractivity contribution in [2.45, 2.75) is 19.9 Å². The van der Waals surface area contributed by atoms with Crippen LogP contribution in [-0.4, -0.2) is 22.7 Å². The van der Waals surface area contributed by atoms with Crippen molar-refractivity contribution >= 4 is 24.0 Å². The van der Waals surface area contributed by atoms with Crippen LogP contribution in [0.3, 0.4) is 0 Å². The van der Waals surface area contributed by atoms with Gasteiger partial charge in [-0.25, -0.2) is 4.42 Å². The van der Waals surface area contributed by atoms with Gasteiger partial charge in [0.25, 0.3) is 0 Å². The normalized spacial score (nSPS) is 9.33. The molecule has 0 aliphatic rings. The molecule has 0 aromatic rings. The third-order valence-corrected chi connectivity index (χ3v) is 1.32. The number of halogens is 1. The first-order chi connectivity index (χ1) is 4.09. The van der Waals surface area contributed by atoms with Gasteiger partial charge in [0.15, 0.2) is 0 Å². The summed E-state index contributed by atoms with van der Waals surface area (Å²) in [6, 6.07) is -0.135. The van der Waals surface area contributed by atoms with E-state index in [4.69, 9.17) is 11.8 Å². The molecule has 0 aromatic heterocycles. The summed E-state index contributed by atoms with van der Waals surface area (Å²) in [5.74, 6) is -0.702. The van der Waals surface area contributed by atoms with Crippen LogP contribution in [0.5, 0.6) is 0 Å². The van der Waals surface area contributed by atoms with Crippen LogP contribution in [0.4, 0.5) is 0 Å². The molecule has 0 rings (SSSR count). The number of hydrogen-bond donors (Lipinski definition) is 0. The number of carbonyl (C=O) groups is 2. The summed E-state index contributed by atoms with van der Waals surface area (Å²) in [5.41, 5.74) is 0. The molecule has 0 fully saturated rings. The lowest BCUT2D eigenvalue weighted by atomic mass is 10.4. The number of hydrogen-bond acceptors (Lipinski definition) is 2. The smallest absolute Gasteiger partial charge is 0.292 e. The predicted molar refractivity (Wildman–Crippen MR) is 33.9 cm³/mol. The van der Waals surface area contributed by atoms with E-state index in [0.717, 1.165) is 4.42 Å². The number of aldehydes is 1. The van der Waals surface area contributed by atoms with Crippen molar-refractivity contribution in [2.24, 2.45) is 0 Å². The molecule has 0 aliphatic carbocycles. The Kier molecular flexibility index (Phi) is 3.24. The first-order valence-electron chi connectivity index (χ1n) is 2.53. The third kappa shape index (κ3) is 2.46. The van der Waals surface area contributed by atoms with Crippen molar-refractivity contribution in [3.63, 3.8) is 0 Å². The summed E-state index contributed by atoms with van der Waals surface area (Å²) >= 11 is 5.32. The molecule has 0 saturated carbocycles. The van der Waals surface area contributed by atoms with E-state index in [2.05, 4.69) is 0 Å². The number of nitrogens with zero attached hydrogens (tertiary/aromatic N) is 1. The number of rotatable bonds is 2. The van der Waals surface area contributed by atoms with Gasteiger partial charge >= 0.3 is 5.91 Å². The van der Waals surface area contributed by atoms with Gasteiger partial charge in [0, 0.05) is 17.8 Å².